The third-order valence-electron chi connectivity index (χ3n) is 3.11. The summed E-state index contributed by atoms with van der Waals surface area (Å²) in [7, 11) is 1.89. The molecule has 1 aromatic rings. The van der Waals surface area contributed by atoms with E-state index in [1.807, 2.05) is 25.8 Å². The molecule has 18 heavy (non-hydrogen) atoms. The summed E-state index contributed by atoms with van der Waals surface area (Å²) in [4.78, 5) is 27.1. The Balaban J connectivity index is 2.90. The highest BCUT2D eigenvalue weighted by Crippen LogP contribution is 2.03. The van der Waals surface area contributed by atoms with Crippen LogP contribution in [0, 0.1) is 5.82 Å². The summed E-state index contributed by atoms with van der Waals surface area (Å²) in [6.45, 7) is 4.69. The Morgan fingerprint density at radius 3 is 2.67 bits per heavy atom. The van der Waals surface area contributed by atoms with Crippen molar-refractivity contribution in [1.82, 2.24) is 14.5 Å². The highest BCUT2D eigenvalue weighted by Gasteiger charge is 2.13. The van der Waals surface area contributed by atoms with Crippen LogP contribution in [0.2, 0.25) is 5.15 Å². The first-order chi connectivity index (χ1) is 8.38. The monoisotopic (exact) mass is 277 g/mol. The van der Waals surface area contributed by atoms with E-state index in [-0.39, 0.29) is 6.54 Å². The second-order valence-electron chi connectivity index (χ2n) is 4.25. The Morgan fingerprint density at radius 1 is 1.50 bits per heavy atom. The summed E-state index contributed by atoms with van der Waals surface area (Å²) in [6, 6.07) is 0.330. The van der Waals surface area contributed by atoms with Gasteiger partial charge in [-0.15, -0.1) is 0 Å². The molecule has 0 amide bonds. The standard InChI is InChI=1S/C11H17ClFN3O2/c1-4-7(2)15(3)5-6-16-10(17)8(13)9(12)14-11(16)18/h7H,4-6H2,1-3H3,(H,14,18). The fourth-order valence-electron chi connectivity index (χ4n) is 1.51. The maximum atomic E-state index is 13.3. The number of nitrogens with one attached hydrogen (secondary N) is 1. The molecule has 0 aliphatic heterocycles. The molecule has 1 aromatic heterocycles. The molecule has 0 spiro atoms. The molecule has 0 fully saturated rings. The van der Waals surface area contributed by atoms with Crippen LogP contribution in [-0.2, 0) is 6.54 Å². The van der Waals surface area contributed by atoms with E-state index in [1.54, 1.807) is 0 Å². The molecule has 0 saturated heterocycles. The maximum Gasteiger partial charge on any atom is 0.329 e. The molecule has 1 unspecified atom stereocenters. The average Bonchev–Trinajstić information content (AvgIpc) is 2.34. The van der Waals surface area contributed by atoms with Gasteiger partial charge in [0.2, 0.25) is 5.82 Å². The number of halogens is 2. The predicted molar refractivity (Wildman–Crippen MR) is 68.7 cm³/mol. The van der Waals surface area contributed by atoms with Crippen LogP contribution in [-0.4, -0.2) is 34.1 Å². The lowest BCUT2D eigenvalue weighted by atomic mass is 10.2. The fourth-order valence-corrected chi connectivity index (χ4v) is 1.68. The smallest absolute Gasteiger partial charge is 0.302 e. The van der Waals surface area contributed by atoms with Crippen LogP contribution in [0.1, 0.15) is 20.3 Å². The van der Waals surface area contributed by atoms with E-state index < -0.39 is 22.2 Å². The highest BCUT2D eigenvalue weighted by atomic mass is 35.5. The zero-order valence-corrected chi connectivity index (χ0v) is 11.4. The van der Waals surface area contributed by atoms with E-state index in [9.17, 15) is 14.0 Å². The lowest BCUT2D eigenvalue weighted by Crippen LogP contribution is -2.41. The largest absolute Gasteiger partial charge is 0.329 e. The SMILES string of the molecule is CCC(C)N(C)CCn1c(=O)[nH]c(Cl)c(F)c1=O. The molecule has 7 heteroatoms. The van der Waals surface area contributed by atoms with E-state index >= 15 is 0 Å². The van der Waals surface area contributed by atoms with Gasteiger partial charge in [0.25, 0.3) is 5.56 Å². The van der Waals surface area contributed by atoms with Crippen LogP contribution in [0.3, 0.4) is 0 Å². The lowest BCUT2D eigenvalue weighted by molar-refractivity contribution is 0.239. The van der Waals surface area contributed by atoms with Gasteiger partial charge in [0.05, 0.1) is 0 Å². The van der Waals surface area contributed by atoms with Gasteiger partial charge in [-0.1, -0.05) is 18.5 Å². The zero-order chi connectivity index (χ0) is 13.9. The van der Waals surface area contributed by atoms with Crippen LogP contribution >= 0.6 is 11.6 Å². The number of likely N-dealkylation sites (N-methyl/N-ethyl adjacent to an activating group) is 1. The van der Waals surface area contributed by atoms with Gasteiger partial charge >= 0.3 is 5.69 Å². The van der Waals surface area contributed by atoms with Gasteiger partial charge in [0.15, 0.2) is 5.15 Å². The molecule has 0 saturated carbocycles. The minimum Gasteiger partial charge on any atom is -0.302 e. The number of aromatic amines is 1. The summed E-state index contributed by atoms with van der Waals surface area (Å²) < 4.78 is 14.1. The van der Waals surface area contributed by atoms with Crippen molar-refractivity contribution < 1.29 is 4.39 Å². The van der Waals surface area contributed by atoms with Gasteiger partial charge in [-0.3, -0.25) is 14.3 Å². The Labute approximate surface area is 109 Å². The molecule has 0 aliphatic carbocycles. The van der Waals surface area contributed by atoms with Crippen LogP contribution in [0.4, 0.5) is 4.39 Å². The Hall–Kier alpha value is -1.14. The van der Waals surface area contributed by atoms with Crippen molar-refractivity contribution in [1.29, 1.82) is 0 Å². The third-order valence-corrected chi connectivity index (χ3v) is 3.37. The quantitative estimate of drug-likeness (QED) is 0.819. The van der Waals surface area contributed by atoms with Gasteiger partial charge in [0, 0.05) is 19.1 Å². The molecule has 102 valence electrons. The van der Waals surface area contributed by atoms with Gasteiger partial charge in [0.1, 0.15) is 0 Å². The first kappa shape index (κ1) is 14.9. The molecular formula is C11H17ClFN3O2. The maximum absolute atomic E-state index is 13.3. The molecule has 5 nitrogen and oxygen atoms in total. The van der Waals surface area contributed by atoms with Crippen molar-refractivity contribution >= 4 is 11.6 Å². The van der Waals surface area contributed by atoms with Gasteiger partial charge in [-0.25, -0.2) is 4.79 Å². The number of aromatic nitrogens is 2. The van der Waals surface area contributed by atoms with E-state index in [1.165, 1.54) is 0 Å². The number of H-pyrrole nitrogens is 1. The molecular weight excluding hydrogens is 261 g/mol. The number of rotatable bonds is 5. The van der Waals surface area contributed by atoms with Crippen LogP contribution in [0.25, 0.3) is 0 Å². The third kappa shape index (κ3) is 3.20. The molecule has 1 N–H and O–H groups in total. The number of nitrogens with zero attached hydrogens (tertiary/aromatic N) is 2. The van der Waals surface area contributed by atoms with Crippen molar-refractivity contribution in [3.8, 4) is 0 Å². The number of hydrogen-bond donors (Lipinski definition) is 1. The molecule has 1 rings (SSSR count). The van der Waals surface area contributed by atoms with Gasteiger partial charge in [-0.05, 0) is 20.4 Å². The van der Waals surface area contributed by atoms with Crippen LogP contribution in [0.5, 0.6) is 0 Å². The van der Waals surface area contributed by atoms with E-state index in [0.717, 1.165) is 11.0 Å². The molecule has 0 aromatic carbocycles. The first-order valence-electron chi connectivity index (χ1n) is 5.76. The first-order valence-corrected chi connectivity index (χ1v) is 6.14. The van der Waals surface area contributed by atoms with E-state index in [4.69, 9.17) is 11.6 Å². The van der Waals surface area contributed by atoms with Gasteiger partial charge < -0.3 is 4.90 Å². The lowest BCUT2D eigenvalue weighted by Gasteiger charge is -2.23. The van der Waals surface area contributed by atoms with Crippen molar-refractivity contribution in [3.05, 3.63) is 31.8 Å². The average molecular weight is 278 g/mol. The van der Waals surface area contributed by atoms with Crippen molar-refractivity contribution in [2.75, 3.05) is 13.6 Å². The second-order valence-corrected chi connectivity index (χ2v) is 4.63. The minimum atomic E-state index is -1.12. The molecule has 0 radical (unpaired) electrons. The molecule has 1 heterocycles. The van der Waals surface area contributed by atoms with E-state index in [0.29, 0.717) is 12.6 Å². The summed E-state index contributed by atoms with van der Waals surface area (Å²) in [5, 5.41) is -0.545. The summed E-state index contributed by atoms with van der Waals surface area (Å²) in [6.07, 6.45) is 0.955. The summed E-state index contributed by atoms with van der Waals surface area (Å²) in [5.41, 5.74) is -1.68. The Bertz CT molecular complexity index is 526. The molecule has 1 atom stereocenters. The molecule has 0 aliphatic rings. The van der Waals surface area contributed by atoms with Gasteiger partial charge in [-0.2, -0.15) is 4.39 Å². The normalized spacial score (nSPS) is 13.0. The number of hydrogen-bond acceptors (Lipinski definition) is 3. The zero-order valence-electron chi connectivity index (χ0n) is 10.7. The van der Waals surface area contributed by atoms with Crippen LogP contribution < -0.4 is 11.2 Å². The van der Waals surface area contributed by atoms with Crippen LogP contribution in [0.15, 0.2) is 9.59 Å². The van der Waals surface area contributed by atoms with Crippen molar-refractivity contribution in [2.45, 2.75) is 32.9 Å². The van der Waals surface area contributed by atoms with E-state index in [2.05, 4.69) is 4.98 Å². The predicted octanol–water partition coefficient (Wildman–Crippen LogP) is 1.06. The minimum absolute atomic E-state index is 0.128. The second kappa shape index (κ2) is 6.15. The fraction of sp³-hybridized carbons (Fsp3) is 0.636. The Kier molecular flexibility index (Phi) is 5.10. The summed E-state index contributed by atoms with van der Waals surface area (Å²) in [5.74, 6) is -1.12. The Morgan fingerprint density at radius 2 is 2.11 bits per heavy atom. The summed E-state index contributed by atoms with van der Waals surface area (Å²) >= 11 is 5.37. The van der Waals surface area contributed by atoms with Crippen molar-refractivity contribution in [2.24, 2.45) is 0 Å². The van der Waals surface area contributed by atoms with Crippen molar-refractivity contribution in [3.63, 3.8) is 0 Å². The molecule has 0 bridgehead atoms. The topological polar surface area (TPSA) is 58.1 Å². The highest BCUT2D eigenvalue weighted by molar-refractivity contribution is 6.29.